The Balaban J connectivity index is 1.40. The largest absolute Gasteiger partial charge is 0.343 e. The predicted molar refractivity (Wildman–Crippen MR) is 96.2 cm³/mol. The van der Waals surface area contributed by atoms with Crippen molar-refractivity contribution in [1.29, 1.82) is 0 Å². The molecule has 0 saturated carbocycles. The van der Waals surface area contributed by atoms with Crippen LogP contribution in [-0.4, -0.2) is 57.4 Å². The fraction of sp³-hybridized carbons (Fsp3) is 0.267. The van der Waals surface area contributed by atoms with Crippen molar-refractivity contribution in [3.63, 3.8) is 0 Å². The summed E-state index contributed by atoms with van der Waals surface area (Å²) in [7, 11) is 0. The molecule has 3 aromatic heterocycles. The Morgan fingerprint density at radius 3 is 2.64 bits per heavy atom. The molecule has 1 fully saturated rings. The molecule has 1 saturated heterocycles. The number of H-pyrrole nitrogens is 1. The van der Waals surface area contributed by atoms with Gasteiger partial charge in [0.05, 0.1) is 4.88 Å². The van der Waals surface area contributed by atoms with Crippen molar-refractivity contribution in [2.24, 2.45) is 0 Å². The Bertz CT molecular complexity index is 907. The van der Waals surface area contributed by atoms with Crippen LogP contribution in [0.4, 0.5) is 5.13 Å². The summed E-state index contributed by atoms with van der Waals surface area (Å²) >= 11 is 3.21. The highest BCUT2D eigenvalue weighted by molar-refractivity contribution is 7.22. The Hall–Kier alpha value is -2.59. The van der Waals surface area contributed by atoms with Gasteiger partial charge in [0.25, 0.3) is 11.5 Å². The Labute approximate surface area is 150 Å². The van der Waals surface area contributed by atoms with Gasteiger partial charge in [0, 0.05) is 32.2 Å². The summed E-state index contributed by atoms with van der Waals surface area (Å²) < 4.78 is 0. The van der Waals surface area contributed by atoms with Crippen molar-refractivity contribution in [2.45, 2.75) is 0 Å². The normalized spacial score (nSPS) is 14.7. The van der Waals surface area contributed by atoms with Gasteiger partial charge >= 0.3 is 0 Å². The molecule has 1 aliphatic rings. The van der Waals surface area contributed by atoms with Gasteiger partial charge in [-0.2, -0.15) is 5.10 Å². The number of hydrogen-bond donors (Lipinski definition) is 1. The lowest BCUT2D eigenvalue weighted by molar-refractivity contribution is 0.0739. The molecule has 3 aromatic rings. The van der Waals surface area contributed by atoms with E-state index < -0.39 is 0 Å². The van der Waals surface area contributed by atoms with Gasteiger partial charge < -0.3 is 9.80 Å². The van der Waals surface area contributed by atoms with Crippen molar-refractivity contribution in [3.05, 3.63) is 45.7 Å². The van der Waals surface area contributed by atoms with Crippen molar-refractivity contribution < 1.29 is 4.79 Å². The minimum Gasteiger partial charge on any atom is -0.343 e. The molecule has 4 rings (SSSR count). The molecule has 0 aliphatic carbocycles. The maximum Gasteiger partial charge on any atom is 0.274 e. The second-order valence-electron chi connectivity index (χ2n) is 5.45. The van der Waals surface area contributed by atoms with Gasteiger partial charge in [-0.3, -0.25) is 9.59 Å². The number of aromatic amines is 1. The van der Waals surface area contributed by atoms with E-state index in [1.807, 2.05) is 17.5 Å². The standard InChI is InChI=1S/C15H14N6O2S2/c22-12-4-3-10(16-17-12)14(23)20-5-7-21(8-6-20)15-19-18-13(25-15)11-2-1-9-24-11/h1-4,9H,5-8H2,(H,17,22). The molecular weight excluding hydrogens is 360 g/mol. The first kappa shape index (κ1) is 15.9. The van der Waals surface area contributed by atoms with Crippen LogP contribution in [0.2, 0.25) is 0 Å². The molecule has 25 heavy (non-hydrogen) atoms. The molecule has 0 spiro atoms. The fourth-order valence-corrected chi connectivity index (χ4v) is 4.26. The highest BCUT2D eigenvalue weighted by Gasteiger charge is 2.25. The van der Waals surface area contributed by atoms with Crippen LogP contribution in [0.25, 0.3) is 9.88 Å². The number of aromatic nitrogens is 4. The van der Waals surface area contributed by atoms with Crippen molar-refractivity contribution in [3.8, 4) is 9.88 Å². The monoisotopic (exact) mass is 374 g/mol. The van der Waals surface area contributed by atoms with E-state index in [0.717, 1.165) is 15.0 Å². The Kier molecular flexibility index (Phi) is 4.28. The molecule has 0 unspecified atom stereocenters. The lowest BCUT2D eigenvalue weighted by Crippen LogP contribution is -2.49. The Morgan fingerprint density at radius 1 is 1.12 bits per heavy atom. The summed E-state index contributed by atoms with van der Waals surface area (Å²) in [5, 5.41) is 18.4. The quantitative estimate of drug-likeness (QED) is 0.743. The number of anilines is 1. The minimum absolute atomic E-state index is 0.174. The summed E-state index contributed by atoms with van der Waals surface area (Å²) in [6, 6.07) is 6.79. The molecule has 0 bridgehead atoms. The van der Waals surface area contributed by atoms with E-state index in [4.69, 9.17) is 0 Å². The summed E-state index contributed by atoms with van der Waals surface area (Å²) in [4.78, 5) is 28.4. The number of amides is 1. The van der Waals surface area contributed by atoms with Crippen LogP contribution in [0.1, 0.15) is 10.5 Å². The third-order valence-corrected chi connectivity index (χ3v) is 5.91. The SMILES string of the molecule is O=C(c1ccc(=O)[nH]n1)N1CCN(c2nnc(-c3cccs3)s2)CC1. The average molecular weight is 374 g/mol. The number of hydrogen-bond acceptors (Lipinski definition) is 8. The van der Waals surface area contributed by atoms with Gasteiger partial charge in [0.15, 0.2) is 5.01 Å². The van der Waals surface area contributed by atoms with Crippen molar-refractivity contribution >= 4 is 33.7 Å². The van der Waals surface area contributed by atoms with E-state index >= 15 is 0 Å². The maximum absolute atomic E-state index is 12.4. The molecule has 128 valence electrons. The molecule has 0 atom stereocenters. The fourth-order valence-electron chi connectivity index (χ4n) is 2.57. The molecule has 10 heteroatoms. The molecule has 1 amide bonds. The van der Waals surface area contributed by atoms with Gasteiger partial charge in [-0.25, -0.2) is 5.10 Å². The van der Waals surface area contributed by atoms with E-state index in [1.165, 1.54) is 12.1 Å². The number of carbonyl (C=O) groups is 1. The van der Waals surface area contributed by atoms with Gasteiger partial charge in [-0.1, -0.05) is 17.4 Å². The van der Waals surface area contributed by atoms with Crippen LogP contribution in [0.3, 0.4) is 0 Å². The molecular formula is C15H14N6O2S2. The zero-order valence-electron chi connectivity index (χ0n) is 13.1. The summed E-state index contributed by atoms with van der Waals surface area (Å²) in [6.07, 6.45) is 0. The maximum atomic E-state index is 12.4. The predicted octanol–water partition coefficient (Wildman–Crippen LogP) is 1.31. The third-order valence-electron chi connectivity index (χ3n) is 3.88. The van der Waals surface area contributed by atoms with Gasteiger partial charge in [-0.05, 0) is 17.5 Å². The molecule has 8 nitrogen and oxygen atoms in total. The second kappa shape index (κ2) is 6.73. The van der Waals surface area contributed by atoms with Gasteiger partial charge in [-0.15, -0.1) is 21.5 Å². The molecule has 0 radical (unpaired) electrons. The van der Waals surface area contributed by atoms with Crippen molar-refractivity contribution in [1.82, 2.24) is 25.3 Å². The third kappa shape index (κ3) is 3.30. The van der Waals surface area contributed by atoms with Crippen LogP contribution >= 0.6 is 22.7 Å². The number of nitrogens with zero attached hydrogens (tertiary/aromatic N) is 5. The average Bonchev–Trinajstić information content (AvgIpc) is 3.33. The lowest BCUT2D eigenvalue weighted by atomic mass is 10.3. The van der Waals surface area contributed by atoms with E-state index in [9.17, 15) is 9.59 Å². The van der Waals surface area contributed by atoms with E-state index in [-0.39, 0.29) is 17.2 Å². The highest BCUT2D eigenvalue weighted by Crippen LogP contribution is 2.31. The van der Waals surface area contributed by atoms with E-state index in [0.29, 0.717) is 26.2 Å². The number of nitrogens with one attached hydrogen (secondary N) is 1. The van der Waals surface area contributed by atoms with Crippen LogP contribution in [0.15, 0.2) is 34.4 Å². The smallest absolute Gasteiger partial charge is 0.274 e. The zero-order chi connectivity index (χ0) is 17.2. The first-order valence-corrected chi connectivity index (χ1v) is 9.38. The van der Waals surface area contributed by atoms with Crippen LogP contribution < -0.4 is 10.5 Å². The van der Waals surface area contributed by atoms with E-state index in [1.54, 1.807) is 27.6 Å². The van der Waals surface area contributed by atoms with Crippen LogP contribution in [-0.2, 0) is 0 Å². The van der Waals surface area contributed by atoms with Crippen LogP contribution in [0, 0.1) is 0 Å². The first-order valence-electron chi connectivity index (χ1n) is 7.68. The second-order valence-corrected chi connectivity index (χ2v) is 7.36. The van der Waals surface area contributed by atoms with Gasteiger partial charge in [0.2, 0.25) is 5.13 Å². The highest BCUT2D eigenvalue weighted by atomic mass is 32.1. The molecule has 4 heterocycles. The topological polar surface area (TPSA) is 95.1 Å². The summed E-state index contributed by atoms with van der Waals surface area (Å²) in [5.74, 6) is -0.174. The minimum atomic E-state index is -0.320. The number of carbonyl (C=O) groups excluding carboxylic acids is 1. The van der Waals surface area contributed by atoms with Crippen LogP contribution in [0.5, 0.6) is 0 Å². The zero-order valence-corrected chi connectivity index (χ0v) is 14.7. The number of piperazine rings is 1. The van der Waals surface area contributed by atoms with Gasteiger partial charge in [0.1, 0.15) is 5.69 Å². The first-order chi connectivity index (χ1) is 12.2. The molecule has 1 N–H and O–H groups in total. The lowest BCUT2D eigenvalue weighted by Gasteiger charge is -2.34. The van der Waals surface area contributed by atoms with E-state index in [2.05, 4.69) is 25.3 Å². The summed E-state index contributed by atoms with van der Waals surface area (Å²) in [6.45, 7) is 2.53. The molecule has 0 aromatic carbocycles. The summed E-state index contributed by atoms with van der Waals surface area (Å²) in [5.41, 5.74) is -0.0665. The van der Waals surface area contributed by atoms with Crippen molar-refractivity contribution in [2.75, 3.05) is 31.1 Å². The number of rotatable bonds is 3. The molecule has 1 aliphatic heterocycles. The Morgan fingerprint density at radius 2 is 1.96 bits per heavy atom. The number of thiophene rings is 1.